The summed E-state index contributed by atoms with van der Waals surface area (Å²) < 4.78 is 2.44. The molecule has 0 atom stereocenters. The molecule has 0 aromatic carbocycles. The van der Waals surface area contributed by atoms with Crippen molar-refractivity contribution in [3.05, 3.63) is 27.7 Å². The number of hydrogen-bond acceptors (Lipinski definition) is 4. The van der Waals surface area contributed by atoms with Gasteiger partial charge in [0.05, 0.1) is 10.9 Å². The van der Waals surface area contributed by atoms with Crippen LogP contribution in [0.5, 0.6) is 0 Å². The fourth-order valence-electron chi connectivity index (χ4n) is 0.992. The molecule has 0 bridgehead atoms. The number of aromatic nitrogens is 3. The molecular weight excluding hydrogens is 208 g/mol. The summed E-state index contributed by atoms with van der Waals surface area (Å²) in [6.07, 6.45) is 1.59. The van der Waals surface area contributed by atoms with E-state index in [2.05, 4.69) is 10.1 Å². The number of halogens is 1. The lowest BCUT2D eigenvalue weighted by Gasteiger charge is -1.97. The van der Waals surface area contributed by atoms with Crippen LogP contribution in [0.25, 0.3) is 0 Å². The SMILES string of the molecule is Nc1ncn(Cc2ccsc2Cl)n1. The van der Waals surface area contributed by atoms with Crippen molar-refractivity contribution in [2.24, 2.45) is 0 Å². The Balaban J connectivity index is 2.19. The minimum atomic E-state index is 0.284. The maximum absolute atomic E-state index is 5.92. The van der Waals surface area contributed by atoms with E-state index in [1.165, 1.54) is 11.3 Å². The number of thiophene rings is 1. The Morgan fingerprint density at radius 3 is 3.00 bits per heavy atom. The van der Waals surface area contributed by atoms with Crippen LogP contribution >= 0.6 is 22.9 Å². The van der Waals surface area contributed by atoms with Gasteiger partial charge in [-0.25, -0.2) is 9.67 Å². The van der Waals surface area contributed by atoms with E-state index in [4.69, 9.17) is 17.3 Å². The minimum absolute atomic E-state index is 0.284. The lowest BCUT2D eigenvalue weighted by molar-refractivity contribution is 0.689. The molecule has 4 nitrogen and oxygen atoms in total. The highest BCUT2D eigenvalue weighted by atomic mass is 35.5. The average molecular weight is 215 g/mol. The van der Waals surface area contributed by atoms with Crippen LogP contribution in [0.4, 0.5) is 5.95 Å². The molecule has 0 spiro atoms. The maximum atomic E-state index is 5.92. The van der Waals surface area contributed by atoms with E-state index in [9.17, 15) is 0 Å². The number of anilines is 1. The highest BCUT2D eigenvalue weighted by Crippen LogP contribution is 2.23. The van der Waals surface area contributed by atoms with Gasteiger partial charge >= 0.3 is 0 Å². The van der Waals surface area contributed by atoms with Crippen molar-refractivity contribution in [2.75, 3.05) is 5.73 Å². The van der Waals surface area contributed by atoms with E-state index < -0.39 is 0 Å². The van der Waals surface area contributed by atoms with Crippen LogP contribution in [0, 0.1) is 0 Å². The van der Waals surface area contributed by atoms with E-state index in [-0.39, 0.29) is 5.95 Å². The smallest absolute Gasteiger partial charge is 0.239 e. The first kappa shape index (κ1) is 8.52. The van der Waals surface area contributed by atoms with E-state index in [1.54, 1.807) is 11.0 Å². The lowest BCUT2D eigenvalue weighted by Crippen LogP contribution is -2.00. The van der Waals surface area contributed by atoms with Crippen LogP contribution in [-0.2, 0) is 6.54 Å². The van der Waals surface area contributed by atoms with Gasteiger partial charge in [-0.1, -0.05) is 11.6 Å². The Bertz CT molecular complexity index is 408. The summed E-state index contributed by atoms with van der Waals surface area (Å²) in [5.74, 6) is 0.284. The Kier molecular flexibility index (Phi) is 2.20. The molecule has 0 aliphatic heterocycles. The number of hydrogen-bond donors (Lipinski definition) is 1. The summed E-state index contributed by atoms with van der Waals surface area (Å²) in [5.41, 5.74) is 6.41. The number of rotatable bonds is 2. The van der Waals surface area contributed by atoms with Gasteiger partial charge in [-0.15, -0.1) is 16.4 Å². The zero-order chi connectivity index (χ0) is 9.26. The molecule has 0 unspecified atom stereocenters. The zero-order valence-electron chi connectivity index (χ0n) is 6.64. The van der Waals surface area contributed by atoms with E-state index in [1.807, 2.05) is 11.4 Å². The number of nitrogen functional groups attached to an aromatic ring is 1. The molecule has 2 rings (SSSR count). The fourth-order valence-corrected chi connectivity index (χ4v) is 1.90. The monoisotopic (exact) mass is 214 g/mol. The van der Waals surface area contributed by atoms with Crippen molar-refractivity contribution in [3.63, 3.8) is 0 Å². The first-order valence-electron chi connectivity index (χ1n) is 3.62. The maximum Gasteiger partial charge on any atom is 0.239 e. The molecule has 2 aromatic rings. The molecule has 2 heterocycles. The van der Waals surface area contributed by atoms with Gasteiger partial charge in [0.1, 0.15) is 6.33 Å². The van der Waals surface area contributed by atoms with Gasteiger partial charge in [0.25, 0.3) is 0 Å². The van der Waals surface area contributed by atoms with Crippen LogP contribution < -0.4 is 5.73 Å². The van der Waals surface area contributed by atoms with Crippen LogP contribution in [-0.4, -0.2) is 14.8 Å². The summed E-state index contributed by atoms with van der Waals surface area (Å²) in [4.78, 5) is 3.82. The highest BCUT2D eigenvalue weighted by Gasteiger charge is 2.03. The van der Waals surface area contributed by atoms with Gasteiger partial charge in [0.2, 0.25) is 5.95 Å². The van der Waals surface area contributed by atoms with E-state index in [0.717, 1.165) is 9.90 Å². The van der Waals surface area contributed by atoms with E-state index in [0.29, 0.717) is 6.54 Å². The molecule has 0 radical (unpaired) electrons. The standard InChI is InChI=1S/C7H7ClN4S/c8-6-5(1-2-13-6)3-12-4-10-7(9)11-12/h1-2,4H,3H2,(H2,9,11). The summed E-state index contributed by atoms with van der Waals surface area (Å²) in [5, 5.41) is 5.90. The van der Waals surface area contributed by atoms with Crippen LogP contribution in [0.2, 0.25) is 4.34 Å². The highest BCUT2D eigenvalue weighted by molar-refractivity contribution is 7.14. The number of nitrogens with zero attached hydrogens (tertiary/aromatic N) is 3. The summed E-state index contributed by atoms with van der Waals surface area (Å²) in [6, 6.07) is 1.96. The second-order valence-electron chi connectivity index (χ2n) is 2.52. The lowest BCUT2D eigenvalue weighted by atomic mass is 10.3. The first-order chi connectivity index (χ1) is 6.25. The minimum Gasteiger partial charge on any atom is -0.367 e. The van der Waals surface area contributed by atoms with Gasteiger partial charge in [0, 0.05) is 5.56 Å². The van der Waals surface area contributed by atoms with Crippen molar-refractivity contribution < 1.29 is 0 Å². The van der Waals surface area contributed by atoms with Gasteiger partial charge in [-0.05, 0) is 11.4 Å². The van der Waals surface area contributed by atoms with Gasteiger partial charge < -0.3 is 5.73 Å². The first-order valence-corrected chi connectivity index (χ1v) is 4.88. The zero-order valence-corrected chi connectivity index (χ0v) is 8.22. The van der Waals surface area contributed by atoms with Crippen molar-refractivity contribution in [2.45, 2.75) is 6.54 Å². The van der Waals surface area contributed by atoms with Crippen molar-refractivity contribution in [1.82, 2.24) is 14.8 Å². The molecule has 2 aromatic heterocycles. The largest absolute Gasteiger partial charge is 0.367 e. The van der Waals surface area contributed by atoms with Crippen molar-refractivity contribution in [1.29, 1.82) is 0 Å². The summed E-state index contributed by atoms with van der Waals surface area (Å²) in [6.45, 7) is 0.618. The normalized spacial score (nSPS) is 10.5. The Labute approximate surface area is 84.0 Å². The van der Waals surface area contributed by atoms with Crippen LogP contribution in [0.1, 0.15) is 5.56 Å². The third-order valence-corrected chi connectivity index (χ3v) is 2.83. The number of nitrogens with two attached hydrogens (primary N) is 1. The second-order valence-corrected chi connectivity index (χ2v) is 4.04. The Hall–Kier alpha value is -1.07. The molecule has 0 aliphatic rings. The topological polar surface area (TPSA) is 56.7 Å². The second kappa shape index (κ2) is 3.35. The van der Waals surface area contributed by atoms with Gasteiger partial charge in [-0.3, -0.25) is 0 Å². The molecule has 6 heteroatoms. The molecule has 0 saturated carbocycles. The third-order valence-electron chi connectivity index (χ3n) is 1.58. The predicted octanol–water partition coefficient (Wildman–Crippen LogP) is 1.62. The Morgan fingerprint density at radius 2 is 2.46 bits per heavy atom. The predicted molar refractivity (Wildman–Crippen MR) is 52.9 cm³/mol. The molecule has 0 aliphatic carbocycles. The molecule has 2 N–H and O–H groups in total. The van der Waals surface area contributed by atoms with Crippen molar-refractivity contribution in [3.8, 4) is 0 Å². The molecule has 68 valence electrons. The summed E-state index contributed by atoms with van der Waals surface area (Å²) in [7, 11) is 0. The molecule has 0 amide bonds. The fraction of sp³-hybridized carbons (Fsp3) is 0.143. The van der Waals surface area contributed by atoms with Crippen LogP contribution in [0.3, 0.4) is 0 Å². The Morgan fingerprint density at radius 1 is 1.62 bits per heavy atom. The molecule has 13 heavy (non-hydrogen) atoms. The van der Waals surface area contributed by atoms with Crippen molar-refractivity contribution >= 4 is 28.9 Å². The molecule has 0 saturated heterocycles. The quantitative estimate of drug-likeness (QED) is 0.827. The summed E-state index contributed by atoms with van der Waals surface area (Å²) >= 11 is 7.43. The third kappa shape index (κ3) is 1.81. The van der Waals surface area contributed by atoms with Gasteiger partial charge in [0.15, 0.2) is 0 Å². The van der Waals surface area contributed by atoms with Gasteiger partial charge in [-0.2, -0.15) is 0 Å². The molecular formula is C7H7ClN4S. The van der Waals surface area contributed by atoms with Crippen LogP contribution in [0.15, 0.2) is 17.8 Å². The van der Waals surface area contributed by atoms with E-state index >= 15 is 0 Å². The molecule has 0 fully saturated rings. The average Bonchev–Trinajstić information content (AvgIpc) is 2.64.